The number of rotatable bonds is 1. The Morgan fingerprint density at radius 1 is 2.00 bits per heavy atom. The summed E-state index contributed by atoms with van der Waals surface area (Å²) in [4.78, 5) is 0. The van der Waals surface area contributed by atoms with E-state index in [0.717, 1.165) is 6.92 Å². The molecule has 4 heteroatoms. The van der Waals surface area contributed by atoms with Crippen LogP contribution < -0.4 is 0 Å². The Morgan fingerprint density at radius 3 is 2.17 bits per heavy atom. The van der Waals surface area contributed by atoms with Crippen molar-refractivity contribution >= 4 is 19.7 Å². The average molecular weight is 131 g/mol. The van der Waals surface area contributed by atoms with Gasteiger partial charge in [-0.25, -0.2) is 8.42 Å². The molecule has 0 rings (SSSR count). The van der Waals surface area contributed by atoms with E-state index < -0.39 is 14.8 Å². The molecule has 0 bridgehead atoms. The normalized spacial score (nSPS) is 19.0. The lowest BCUT2D eigenvalue weighted by molar-refractivity contribution is 0.610. The number of hydrogen-bond donors (Lipinski definition) is 0. The number of halogens is 1. The van der Waals surface area contributed by atoms with E-state index >= 15 is 0 Å². The Labute approximate surface area is 44.3 Å². The maximum Gasteiger partial charge on any atom is 0.232 e. The molecule has 0 N–H and O–H groups in total. The molecule has 0 aromatic rings. The van der Waals surface area contributed by atoms with Crippen LogP contribution in [-0.2, 0) is 9.05 Å². The van der Waals surface area contributed by atoms with Crippen LogP contribution in [0.5, 0.6) is 0 Å². The van der Waals surface area contributed by atoms with Crippen molar-refractivity contribution in [3.8, 4) is 0 Å². The first-order valence-electron chi connectivity index (χ1n) is 2.19. The van der Waals surface area contributed by atoms with Crippen molar-refractivity contribution in [2.45, 2.75) is 6.92 Å². The SMILES string of the molecule is [2H]C([2H])(C)S(=O)(=O)Cl. The molecule has 0 aliphatic carbocycles. The Balaban J connectivity index is 4.53. The fourth-order valence-corrected chi connectivity index (χ4v) is 0. The maximum atomic E-state index is 10.0. The summed E-state index contributed by atoms with van der Waals surface area (Å²) in [6, 6.07) is 0. The van der Waals surface area contributed by atoms with E-state index in [1.807, 2.05) is 0 Å². The fraction of sp³-hybridized carbons (Fsp3) is 1.00. The highest BCUT2D eigenvalue weighted by Gasteiger charge is 1.94. The summed E-state index contributed by atoms with van der Waals surface area (Å²) in [5.41, 5.74) is -2.32. The topological polar surface area (TPSA) is 34.1 Å². The minimum absolute atomic E-state index is 0.884. The molecule has 0 spiro atoms. The lowest BCUT2D eigenvalue weighted by atomic mass is 11.0. The molecule has 0 atom stereocenters. The summed E-state index contributed by atoms with van der Waals surface area (Å²) >= 11 is 0. The van der Waals surface area contributed by atoms with Crippen molar-refractivity contribution < 1.29 is 11.2 Å². The predicted molar refractivity (Wildman–Crippen MR) is 25.3 cm³/mol. The lowest BCUT2D eigenvalue weighted by Crippen LogP contribution is -1.88. The molecule has 0 aliphatic rings. The first-order chi connectivity index (χ1) is 3.25. The summed E-state index contributed by atoms with van der Waals surface area (Å²) < 4.78 is 33.1. The molecule has 0 heterocycles. The van der Waals surface area contributed by atoms with Gasteiger partial charge in [-0.05, 0) is 0 Å². The van der Waals surface area contributed by atoms with Crippen molar-refractivity contribution in [3.63, 3.8) is 0 Å². The highest BCUT2D eigenvalue weighted by Crippen LogP contribution is 1.91. The summed E-state index contributed by atoms with van der Waals surface area (Å²) in [6.07, 6.45) is 0. The molecule has 0 aliphatic heterocycles. The van der Waals surface area contributed by atoms with Crippen LogP contribution >= 0.6 is 10.7 Å². The summed E-state index contributed by atoms with van der Waals surface area (Å²) in [7, 11) is 0.572. The van der Waals surface area contributed by atoms with Crippen LogP contribution in [0.25, 0.3) is 0 Å². The molecule has 0 aromatic heterocycles. The van der Waals surface area contributed by atoms with E-state index in [2.05, 4.69) is 10.7 Å². The maximum absolute atomic E-state index is 10.0. The summed E-state index contributed by atoms with van der Waals surface area (Å²) in [5.74, 6) is 0. The summed E-state index contributed by atoms with van der Waals surface area (Å²) in [6.45, 7) is 0.884. The van der Waals surface area contributed by atoms with Gasteiger partial charge in [-0.15, -0.1) is 0 Å². The fourth-order valence-electron chi connectivity index (χ4n) is 0. The molecule has 0 saturated heterocycles. The lowest BCUT2D eigenvalue weighted by Gasteiger charge is -1.77. The van der Waals surface area contributed by atoms with Crippen molar-refractivity contribution in [2.24, 2.45) is 0 Å². The van der Waals surface area contributed by atoms with Crippen LogP contribution in [-0.4, -0.2) is 14.1 Å². The molecule has 2 nitrogen and oxygen atoms in total. The van der Waals surface area contributed by atoms with E-state index in [9.17, 15) is 8.42 Å². The third-order valence-electron chi connectivity index (χ3n) is 0.244. The van der Waals surface area contributed by atoms with Crippen LogP contribution in [0, 0.1) is 0 Å². The van der Waals surface area contributed by atoms with Crippen LogP contribution in [0.3, 0.4) is 0 Å². The molecule has 0 fully saturated rings. The second kappa shape index (κ2) is 1.80. The Kier molecular flexibility index (Phi) is 0.979. The van der Waals surface area contributed by atoms with Gasteiger partial charge >= 0.3 is 0 Å². The Bertz CT molecular complexity index is 167. The standard InChI is InChI=1S/C2H5ClO2S/c1-2-6(3,4)5/h2H2,1H3/i2D2. The van der Waals surface area contributed by atoms with Gasteiger partial charge in [-0.2, -0.15) is 0 Å². The van der Waals surface area contributed by atoms with E-state index in [0.29, 0.717) is 0 Å². The monoisotopic (exact) mass is 130 g/mol. The van der Waals surface area contributed by atoms with Crippen LogP contribution in [0.1, 0.15) is 9.67 Å². The molecular weight excluding hydrogens is 124 g/mol. The Morgan fingerprint density at radius 2 is 2.17 bits per heavy atom. The van der Waals surface area contributed by atoms with Gasteiger partial charge < -0.3 is 0 Å². The molecule has 6 heavy (non-hydrogen) atoms. The zero-order chi connectivity index (χ0) is 7.00. The second-order valence-electron chi connectivity index (χ2n) is 0.642. The van der Waals surface area contributed by atoms with Gasteiger partial charge in [-0.1, -0.05) is 6.92 Å². The zero-order valence-corrected chi connectivity index (χ0v) is 4.68. The van der Waals surface area contributed by atoms with Crippen molar-refractivity contribution in [3.05, 3.63) is 0 Å². The van der Waals surface area contributed by atoms with Crippen LogP contribution in [0.2, 0.25) is 0 Å². The largest absolute Gasteiger partial charge is 0.232 e. The molecule has 0 unspecified atom stereocenters. The van der Waals surface area contributed by atoms with Gasteiger partial charge in [0.25, 0.3) is 0 Å². The second-order valence-corrected chi connectivity index (χ2v) is 3.14. The van der Waals surface area contributed by atoms with Crippen molar-refractivity contribution in [1.29, 1.82) is 0 Å². The van der Waals surface area contributed by atoms with Gasteiger partial charge in [0.1, 0.15) is 0 Å². The van der Waals surface area contributed by atoms with Gasteiger partial charge in [0.2, 0.25) is 9.05 Å². The van der Waals surface area contributed by atoms with E-state index in [4.69, 9.17) is 2.74 Å². The zero-order valence-electron chi connectivity index (χ0n) is 5.10. The summed E-state index contributed by atoms with van der Waals surface area (Å²) in [5, 5.41) is 0. The van der Waals surface area contributed by atoms with E-state index in [-0.39, 0.29) is 0 Å². The molecule has 0 aromatic carbocycles. The van der Waals surface area contributed by atoms with Crippen LogP contribution in [0.15, 0.2) is 0 Å². The molecule has 0 amide bonds. The van der Waals surface area contributed by atoms with Gasteiger partial charge in [-0.3, -0.25) is 0 Å². The number of hydrogen-bond acceptors (Lipinski definition) is 2. The van der Waals surface area contributed by atoms with Gasteiger partial charge in [0.15, 0.2) is 0 Å². The highest BCUT2D eigenvalue weighted by atomic mass is 35.7. The third kappa shape index (κ3) is 4.24. The van der Waals surface area contributed by atoms with Crippen LogP contribution in [0.4, 0.5) is 0 Å². The van der Waals surface area contributed by atoms with Gasteiger partial charge in [0, 0.05) is 13.4 Å². The van der Waals surface area contributed by atoms with E-state index in [1.165, 1.54) is 0 Å². The smallest absolute Gasteiger partial charge is 0.212 e. The highest BCUT2D eigenvalue weighted by molar-refractivity contribution is 8.13. The van der Waals surface area contributed by atoms with E-state index in [1.54, 1.807) is 0 Å². The minimum Gasteiger partial charge on any atom is -0.212 e. The average Bonchev–Trinajstić information content (AvgIpc) is 1.25. The Hall–Kier alpha value is 0.240. The minimum atomic E-state index is -4.03. The molecule has 38 valence electrons. The van der Waals surface area contributed by atoms with Crippen molar-refractivity contribution in [1.82, 2.24) is 0 Å². The quantitative estimate of drug-likeness (QED) is 0.487. The first-order valence-corrected chi connectivity index (χ1v) is 3.50. The molecule has 0 saturated carbocycles. The first kappa shape index (κ1) is 3.27. The van der Waals surface area contributed by atoms with Gasteiger partial charge in [0.05, 0.1) is 5.70 Å². The predicted octanol–water partition coefficient (Wildman–Crippen LogP) is 0.575. The third-order valence-corrected chi connectivity index (χ3v) is 1.19. The molecular formula is C2H5ClO2S. The molecule has 0 radical (unpaired) electrons. The van der Waals surface area contributed by atoms with Crippen molar-refractivity contribution in [2.75, 3.05) is 5.70 Å².